The Kier molecular flexibility index (Phi) is 5.31. The number of rotatable bonds is 5. The third kappa shape index (κ3) is 4.06. The topological polar surface area (TPSA) is 116 Å². The molecule has 3 heterocycles. The van der Waals surface area contributed by atoms with Crippen molar-refractivity contribution >= 4 is 34.1 Å². The van der Waals surface area contributed by atoms with Crippen molar-refractivity contribution in [3.63, 3.8) is 0 Å². The van der Waals surface area contributed by atoms with Gasteiger partial charge < -0.3 is 20.5 Å². The highest BCUT2D eigenvalue weighted by molar-refractivity contribution is 5.96. The lowest BCUT2D eigenvalue weighted by Gasteiger charge is -2.13. The van der Waals surface area contributed by atoms with Gasteiger partial charge in [0, 0.05) is 56.5 Å². The second-order valence-corrected chi connectivity index (χ2v) is 7.07. The summed E-state index contributed by atoms with van der Waals surface area (Å²) in [5, 5.41) is 6.96. The van der Waals surface area contributed by atoms with Gasteiger partial charge in [-0.25, -0.2) is 15.0 Å². The van der Waals surface area contributed by atoms with Crippen molar-refractivity contribution in [2.75, 3.05) is 31.4 Å². The zero-order chi connectivity index (χ0) is 22.0. The molecule has 0 aliphatic rings. The summed E-state index contributed by atoms with van der Waals surface area (Å²) >= 11 is 0. The molecule has 0 unspecified atom stereocenters. The average Bonchev–Trinajstić information content (AvgIpc) is 2.79. The van der Waals surface area contributed by atoms with Gasteiger partial charge in [0.2, 0.25) is 5.95 Å². The molecule has 1 aromatic carbocycles. The normalized spacial score (nSPS) is 10.7. The Labute approximate surface area is 178 Å². The van der Waals surface area contributed by atoms with Gasteiger partial charge in [-0.1, -0.05) is 0 Å². The number of nitrogens with one attached hydrogen (secondary N) is 3. The average molecular weight is 415 g/mol. The van der Waals surface area contributed by atoms with Crippen molar-refractivity contribution in [3.05, 3.63) is 70.9 Å². The molecule has 0 radical (unpaired) electrons. The highest BCUT2D eigenvalue weighted by atomic mass is 16.1. The first-order valence-electron chi connectivity index (χ1n) is 9.57. The van der Waals surface area contributed by atoms with E-state index < -0.39 is 0 Å². The van der Waals surface area contributed by atoms with Gasteiger partial charge in [0.15, 0.2) is 0 Å². The predicted octanol–water partition coefficient (Wildman–Crippen LogP) is 2.55. The molecule has 0 saturated heterocycles. The number of fused-ring (bicyclic) bond motifs is 1. The number of hydrogen-bond donors (Lipinski definition) is 3. The van der Waals surface area contributed by atoms with Crippen LogP contribution in [-0.2, 0) is 0 Å². The summed E-state index contributed by atoms with van der Waals surface area (Å²) in [6, 6.07) is 10.6. The molecular weight excluding hydrogens is 394 g/mol. The van der Waals surface area contributed by atoms with Crippen LogP contribution in [0, 0.1) is 0 Å². The van der Waals surface area contributed by atoms with Crippen LogP contribution in [0.15, 0.2) is 59.8 Å². The molecule has 3 aromatic heterocycles. The second-order valence-electron chi connectivity index (χ2n) is 7.07. The minimum atomic E-state index is -0.250. The number of hydrogen-bond acceptors (Lipinski definition) is 7. The molecule has 156 valence electrons. The van der Waals surface area contributed by atoms with Gasteiger partial charge in [-0.05, 0) is 41.8 Å². The molecule has 0 aliphatic carbocycles. The lowest BCUT2D eigenvalue weighted by atomic mass is 10.1. The van der Waals surface area contributed by atoms with E-state index in [1.165, 1.54) is 0 Å². The maximum absolute atomic E-state index is 12.5. The van der Waals surface area contributed by atoms with Gasteiger partial charge in [-0.2, -0.15) is 0 Å². The standard InChI is InChI=1S/C22H21N7O2/c1-23-20(30)13-4-6-16(7-5-13)27-19-18-14(8-9-24-21(18)31)10-17(28-19)15-11-25-22(26-12-15)29(2)3/h4-12H,1-3H3,(H,23,30)(H,24,31)(H,27,28). The van der Waals surface area contributed by atoms with Crippen LogP contribution in [-0.4, -0.2) is 47.0 Å². The largest absolute Gasteiger partial charge is 0.355 e. The number of H-pyrrole nitrogens is 1. The van der Waals surface area contributed by atoms with Crippen molar-refractivity contribution in [2.45, 2.75) is 0 Å². The molecule has 4 aromatic rings. The molecular formula is C22H21N7O2. The number of anilines is 3. The van der Waals surface area contributed by atoms with E-state index in [1.54, 1.807) is 49.9 Å². The van der Waals surface area contributed by atoms with Crippen molar-refractivity contribution < 1.29 is 4.79 Å². The maximum atomic E-state index is 12.5. The van der Waals surface area contributed by atoms with Gasteiger partial charge in [-0.3, -0.25) is 9.59 Å². The first-order valence-corrected chi connectivity index (χ1v) is 9.57. The highest BCUT2D eigenvalue weighted by Gasteiger charge is 2.13. The lowest BCUT2D eigenvalue weighted by Crippen LogP contribution is -2.17. The summed E-state index contributed by atoms with van der Waals surface area (Å²) in [5.74, 6) is 0.823. The minimum absolute atomic E-state index is 0.172. The van der Waals surface area contributed by atoms with Crippen LogP contribution in [0.25, 0.3) is 22.0 Å². The van der Waals surface area contributed by atoms with E-state index in [0.717, 1.165) is 10.9 Å². The SMILES string of the molecule is CNC(=O)c1ccc(Nc2nc(-c3cnc(N(C)C)nc3)cc3cc[nH]c(=O)c23)cc1. The van der Waals surface area contributed by atoms with Gasteiger partial charge in [-0.15, -0.1) is 0 Å². The fourth-order valence-electron chi connectivity index (χ4n) is 3.12. The minimum Gasteiger partial charge on any atom is -0.355 e. The van der Waals surface area contributed by atoms with E-state index in [-0.39, 0.29) is 11.5 Å². The first-order chi connectivity index (χ1) is 15.0. The van der Waals surface area contributed by atoms with Gasteiger partial charge in [0.25, 0.3) is 11.5 Å². The molecule has 1 amide bonds. The van der Waals surface area contributed by atoms with Crippen LogP contribution < -0.4 is 21.1 Å². The molecule has 3 N–H and O–H groups in total. The molecule has 0 fully saturated rings. The van der Waals surface area contributed by atoms with E-state index in [1.807, 2.05) is 31.1 Å². The Morgan fingerprint density at radius 3 is 2.42 bits per heavy atom. The monoisotopic (exact) mass is 415 g/mol. The first kappa shape index (κ1) is 20.0. The number of pyridine rings is 2. The van der Waals surface area contributed by atoms with Crippen LogP contribution in [0.5, 0.6) is 0 Å². The predicted molar refractivity (Wildman–Crippen MR) is 121 cm³/mol. The van der Waals surface area contributed by atoms with Gasteiger partial charge in [0.1, 0.15) is 5.82 Å². The summed E-state index contributed by atoms with van der Waals surface area (Å²) in [4.78, 5) is 42.2. The number of amides is 1. The number of carbonyl (C=O) groups excluding carboxylic acids is 1. The Bertz CT molecular complexity index is 1300. The van der Waals surface area contributed by atoms with Crippen molar-refractivity contribution in [3.8, 4) is 11.3 Å². The molecule has 0 atom stereocenters. The molecule has 9 nitrogen and oxygen atoms in total. The fraction of sp³-hybridized carbons (Fsp3) is 0.136. The van der Waals surface area contributed by atoms with E-state index in [9.17, 15) is 9.59 Å². The Morgan fingerprint density at radius 1 is 1.06 bits per heavy atom. The zero-order valence-corrected chi connectivity index (χ0v) is 17.3. The van der Waals surface area contributed by atoms with Crippen LogP contribution in [0.2, 0.25) is 0 Å². The van der Waals surface area contributed by atoms with Gasteiger partial charge in [0.05, 0.1) is 11.1 Å². The van der Waals surface area contributed by atoms with Crippen LogP contribution in [0.3, 0.4) is 0 Å². The zero-order valence-electron chi connectivity index (χ0n) is 17.3. The summed E-state index contributed by atoms with van der Waals surface area (Å²) in [7, 11) is 5.32. The Hall–Kier alpha value is -4.27. The van der Waals surface area contributed by atoms with E-state index in [4.69, 9.17) is 0 Å². The highest BCUT2D eigenvalue weighted by Crippen LogP contribution is 2.27. The number of benzene rings is 1. The fourth-order valence-corrected chi connectivity index (χ4v) is 3.12. The van der Waals surface area contributed by atoms with E-state index >= 15 is 0 Å². The molecule has 0 spiro atoms. The smallest absolute Gasteiger partial charge is 0.259 e. The van der Waals surface area contributed by atoms with Crippen LogP contribution >= 0.6 is 0 Å². The molecule has 31 heavy (non-hydrogen) atoms. The van der Waals surface area contributed by atoms with Gasteiger partial charge >= 0.3 is 0 Å². The number of aromatic nitrogens is 4. The number of aromatic amines is 1. The summed E-state index contributed by atoms with van der Waals surface area (Å²) in [5.41, 5.74) is 2.34. The van der Waals surface area contributed by atoms with Crippen LogP contribution in [0.4, 0.5) is 17.5 Å². The van der Waals surface area contributed by atoms with E-state index in [0.29, 0.717) is 34.1 Å². The molecule has 9 heteroatoms. The Morgan fingerprint density at radius 2 is 1.77 bits per heavy atom. The second kappa shape index (κ2) is 8.23. The van der Waals surface area contributed by atoms with Crippen molar-refractivity contribution in [1.82, 2.24) is 25.3 Å². The van der Waals surface area contributed by atoms with Crippen molar-refractivity contribution in [2.24, 2.45) is 0 Å². The number of nitrogens with zero attached hydrogens (tertiary/aromatic N) is 4. The van der Waals surface area contributed by atoms with Crippen molar-refractivity contribution in [1.29, 1.82) is 0 Å². The molecule has 4 rings (SSSR count). The Balaban J connectivity index is 1.78. The molecule has 0 aliphatic heterocycles. The molecule has 0 bridgehead atoms. The quantitative estimate of drug-likeness (QED) is 0.459. The lowest BCUT2D eigenvalue weighted by molar-refractivity contribution is 0.0963. The third-order valence-electron chi connectivity index (χ3n) is 4.73. The molecule has 0 saturated carbocycles. The maximum Gasteiger partial charge on any atom is 0.259 e. The van der Waals surface area contributed by atoms with E-state index in [2.05, 4.69) is 30.6 Å². The summed E-state index contributed by atoms with van der Waals surface area (Å²) in [6.07, 6.45) is 5.00. The number of carbonyl (C=O) groups is 1. The third-order valence-corrected chi connectivity index (χ3v) is 4.73. The van der Waals surface area contributed by atoms with Crippen LogP contribution in [0.1, 0.15) is 10.4 Å². The summed E-state index contributed by atoms with van der Waals surface area (Å²) in [6.45, 7) is 0. The summed E-state index contributed by atoms with van der Waals surface area (Å²) < 4.78 is 0.